The number of aliphatic hydroxyl groups is 2. The minimum absolute atomic E-state index is 0.00190. The molecule has 7 nitrogen and oxygen atoms in total. The van der Waals surface area contributed by atoms with Crippen LogP contribution in [0.5, 0.6) is 0 Å². The number of aliphatic hydroxyl groups excluding tert-OH is 1. The van der Waals surface area contributed by atoms with Crippen LogP contribution in [0, 0.1) is 28.6 Å². The lowest BCUT2D eigenvalue weighted by atomic mass is 9.46. The molecule has 7 heteroatoms. The average molecular weight is 430 g/mol. The van der Waals surface area contributed by atoms with Crippen LogP contribution in [0.3, 0.4) is 0 Å². The first-order chi connectivity index (χ1) is 14.4. The maximum Gasteiger partial charge on any atom is 0.306 e. The molecule has 4 aliphatic carbocycles. The van der Waals surface area contributed by atoms with Crippen molar-refractivity contribution in [3.8, 4) is 0 Å². The first-order valence-electron chi connectivity index (χ1n) is 11.2. The van der Waals surface area contributed by atoms with E-state index >= 15 is 0 Å². The molecule has 0 bridgehead atoms. The van der Waals surface area contributed by atoms with Gasteiger partial charge in [0.1, 0.15) is 17.3 Å². The highest BCUT2D eigenvalue weighted by Gasteiger charge is 2.82. The number of fused-ring (bicyclic) bond motifs is 3. The molecule has 3 N–H and O–H groups in total. The molecule has 0 aromatic rings. The van der Waals surface area contributed by atoms with Gasteiger partial charge >= 0.3 is 5.97 Å². The zero-order chi connectivity index (χ0) is 22.6. The second-order valence-electron chi connectivity index (χ2n) is 10.8. The Kier molecular flexibility index (Phi) is 4.17. The van der Waals surface area contributed by atoms with E-state index in [2.05, 4.69) is 6.92 Å². The normalized spacial score (nSPS) is 50.5. The Morgan fingerprint density at radius 3 is 2.68 bits per heavy atom. The van der Waals surface area contributed by atoms with Gasteiger partial charge in [-0.15, -0.1) is 0 Å². The highest BCUT2D eigenvalue weighted by atomic mass is 16.6. The number of hydrogen-bond donors (Lipinski definition) is 3. The van der Waals surface area contributed by atoms with Crippen molar-refractivity contribution in [2.24, 2.45) is 28.6 Å². The van der Waals surface area contributed by atoms with E-state index in [9.17, 15) is 24.6 Å². The van der Waals surface area contributed by atoms with E-state index in [1.165, 1.54) is 0 Å². The first-order valence-corrected chi connectivity index (χ1v) is 11.2. The Bertz CT molecular complexity index is 952. The topological polar surface area (TPSA) is 124 Å². The summed E-state index contributed by atoms with van der Waals surface area (Å²) in [5.41, 5.74) is -2.35. The Morgan fingerprint density at radius 1 is 1.29 bits per heavy atom. The number of carbonyl (C=O) groups excluding carboxylic acids is 2. The number of ether oxygens (including phenoxy) is 1. The molecule has 31 heavy (non-hydrogen) atoms. The van der Waals surface area contributed by atoms with Crippen molar-refractivity contribution in [2.45, 2.75) is 76.3 Å². The number of ketones is 2. The highest BCUT2D eigenvalue weighted by molar-refractivity contribution is 6.01. The van der Waals surface area contributed by atoms with Gasteiger partial charge in [-0.1, -0.05) is 25.5 Å². The number of aliphatic carboxylic acids is 1. The van der Waals surface area contributed by atoms with E-state index in [1.807, 2.05) is 19.9 Å². The van der Waals surface area contributed by atoms with Crippen LogP contribution < -0.4 is 0 Å². The summed E-state index contributed by atoms with van der Waals surface area (Å²) in [7, 11) is 0. The number of carbonyl (C=O) groups is 3. The van der Waals surface area contributed by atoms with Crippen molar-refractivity contribution >= 4 is 17.5 Å². The molecule has 1 unspecified atom stereocenters. The van der Waals surface area contributed by atoms with Crippen molar-refractivity contribution in [1.29, 1.82) is 0 Å². The van der Waals surface area contributed by atoms with Crippen molar-refractivity contribution < 1.29 is 34.4 Å². The standard InChI is InChI=1S/C24H30O7/c1-12-8-16-15-5-4-13-9-14(25)6-7-21(13,2)24(15)18(31-24)11-22(16,3)23(12,30)20(29)17(26)10-19(27)28/h6-7,9,12,15-18,26,30H,4-5,8,10-11H2,1-3H3,(H,27,28)/t12-,15+,16+,17?,18+,21+,22+,23+,24-/m1/s1. The van der Waals surface area contributed by atoms with Gasteiger partial charge in [0, 0.05) is 10.8 Å². The molecular formula is C24H30O7. The number of allylic oxidation sites excluding steroid dienone is 2. The molecular weight excluding hydrogens is 400 g/mol. The fraction of sp³-hybridized carbons (Fsp3) is 0.708. The van der Waals surface area contributed by atoms with Crippen LogP contribution in [0.15, 0.2) is 23.8 Å². The zero-order valence-electron chi connectivity index (χ0n) is 18.1. The highest BCUT2D eigenvalue weighted by Crippen LogP contribution is 2.76. The molecule has 0 aromatic heterocycles. The first kappa shape index (κ1) is 21.0. The SMILES string of the molecule is C[C@@H]1C[C@H]2[C@@H]3CCC4=CC(=O)C=C[C@]4(C)[C@@]34O[C@H]4C[C@]2(C)[C@@]1(O)C(=O)C(O)CC(=O)O. The molecule has 0 aromatic carbocycles. The van der Waals surface area contributed by atoms with Crippen LogP contribution >= 0.6 is 0 Å². The van der Waals surface area contributed by atoms with Crippen LogP contribution in [-0.4, -0.2) is 56.3 Å². The van der Waals surface area contributed by atoms with Gasteiger partial charge < -0.3 is 20.1 Å². The van der Waals surface area contributed by atoms with E-state index in [0.717, 1.165) is 18.4 Å². The van der Waals surface area contributed by atoms with Gasteiger partial charge in [0.05, 0.1) is 12.5 Å². The van der Waals surface area contributed by atoms with E-state index in [-0.39, 0.29) is 29.1 Å². The fourth-order valence-electron chi connectivity index (χ4n) is 8.02. The molecule has 1 aliphatic heterocycles. The Balaban J connectivity index is 1.53. The van der Waals surface area contributed by atoms with E-state index in [1.54, 1.807) is 12.2 Å². The number of hydrogen-bond acceptors (Lipinski definition) is 6. The maximum atomic E-state index is 13.2. The minimum atomic E-state index is -1.81. The number of epoxide rings is 1. The summed E-state index contributed by atoms with van der Waals surface area (Å²) in [4.78, 5) is 36.3. The molecule has 1 heterocycles. The van der Waals surface area contributed by atoms with Crippen molar-refractivity contribution in [3.63, 3.8) is 0 Å². The maximum absolute atomic E-state index is 13.2. The Hall–Kier alpha value is -1.83. The van der Waals surface area contributed by atoms with E-state index in [4.69, 9.17) is 9.84 Å². The summed E-state index contributed by atoms with van der Waals surface area (Å²) in [5.74, 6) is -2.36. The Morgan fingerprint density at radius 2 is 2.00 bits per heavy atom. The fourth-order valence-corrected chi connectivity index (χ4v) is 8.02. The molecule has 168 valence electrons. The zero-order valence-corrected chi connectivity index (χ0v) is 18.1. The molecule has 3 saturated carbocycles. The smallest absolute Gasteiger partial charge is 0.306 e. The number of carboxylic acid groups (broad SMARTS) is 1. The van der Waals surface area contributed by atoms with Gasteiger partial charge in [-0.05, 0) is 62.5 Å². The predicted molar refractivity (Wildman–Crippen MR) is 109 cm³/mol. The third kappa shape index (κ3) is 2.32. The third-order valence-corrected chi connectivity index (χ3v) is 9.56. The molecule has 9 atom stereocenters. The van der Waals surface area contributed by atoms with Gasteiger partial charge in [-0.3, -0.25) is 14.4 Å². The lowest BCUT2D eigenvalue weighted by molar-refractivity contribution is -0.173. The monoisotopic (exact) mass is 430 g/mol. The molecule has 5 rings (SSSR count). The average Bonchev–Trinajstić information content (AvgIpc) is 3.37. The third-order valence-electron chi connectivity index (χ3n) is 9.56. The van der Waals surface area contributed by atoms with Crippen molar-refractivity contribution in [3.05, 3.63) is 23.8 Å². The van der Waals surface area contributed by atoms with Crippen molar-refractivity contribution in [2.75, 3.05) is 0 Å². The van der Waals surface area contributed by atoms with Crippen molar-refractivity contribution in [1.82, 2.24) is 0 Å². The number of carboxylic acids is 1. The second-order valence-corrected chi connectivity index (χ2v) is 10.8. The quantitative estimate of drug-likeness (QED) is 0.581. The lowest BCUT2D eigenvalue weighted by Gasteiger charge is -2.55. The van der Waals surface area contributed by atoms with Crippen LogP contribution in [0.25, 0.3) is 0 Å². The van der Waals surface area contributed by atoms with Gasteiger partial charge in [0.25, 0.3) is 0 Å². The summed E-state index contributed by atoms with van der Waals surface area (Å²) in [6, 6.07) is 0. The molecule has 0 radical (unpaired) electrons. The Labute approximate surface area is 181 Å². The van der Waals surface area contributed by atoms with Gasteiger partial charge in [-0.2, -0.15) is 0 Å². The van der Waals surface area contributed by atoms with Gasteiger partial charge in [0.15, 0.2) is 11.6 Å². The second kappa shape index (κ2) is 6.15. The predicted octanol–water partition coefficient (Wildman–Crippen LogP) is 1.81. The summed E-state index contributed by atoms with van der Waals surface area (Å²) in [6.45, 7) is 5.86. The van der Waals surface area contributed by atoms with E-state index in [0.29, 0.717) is 12.8 Å². The molecule has 1 saturated heterocycles. The van der Waals surface area contributed by atoms with Gasteiger partial charge in [-0.25, -0.2) is 0 Å². The number of rotatable bonds is 4. The molecule has 1 spiro atoms. The lowest BCUT2D eigenvalue weighted by Crippen LogP contribution is -2.63. The molecule has 4 fully saturated rings. The molecule has 0 amide bonds. The summed E-state index contributed by atoms with van der Waals surface area (Å²) < 4.78 is 6.43. The van der Waals surface area contributed by atoms with Crippen LogP contribution in [0.4, 0.5) is 0 Å². The van der Waals surface area contributed by atoms with Gasteiger partial charge in [0.2, 0.25) is 0 Å². The minimum Gasteiger partial charge on any atom is -0.481 e. The van der Waals surface area contributed by atoms with Crippen LogP contribution in [0.1, 0.15) is 52.9 Å². The summed E-state index contributed by atoms with van der Waals surface area (Å²) in [6.07, 6.45) is 5.37. The van der Waals surface area contributed by atoms with Crippen LogP contribution in [0.2, 0.25) is 0 Å². The summed E-state index contributed by atoms with van der Waals surface area (Å²) >= 11 is 0. The molecule has 5 aliphatic rings. The van der Waals surface area contributed by atoms with E-state index < -0.39 is 46.8 Å². The largest absolute Gasteiger partial charge is 0.481 e. The number of Topliss-reactive ketones (excluding diaryl/α,β-unsaturated/α-hetero) is 1. The summed E-state index contributed by atoms with van der Waals surface area (Å²) in [5, 5.41) is 31.1. The van der Waals surface area contributed by atoms with Crippen LogP contribution in [-0.2, 0) is 19.1 Å².